The fourth-order valence-electron chi connectivity index (χ4n) is 1.90. The number of nitrogens with zero attached hydrogens (tertiary/aromatic N) is 1. The minimum absolute atomic E-state index is 0.169. The molecule has 21 heavy (non-hydrogen) atoms. The molecule has 0 bridgehead atoms. The molecule has 0 radical (unpaired) electrons. The lowest BCUT2D eigenvalue weighted by molar-refractivity contribution is 0.555. The van der Waals surface area contributed by atoms with Crippen LogP contribution in [0.1, 0.15) is 11.3 Å². The van der Waals surface area contributed by atoms with Crippen molar-refractivity contribution in [3.05, 3.63) is 47.8 Å². The van der Waals surface area contributed by atoms with E-state index >= 15 is 0 Å². The molecule has 6 nitrogen and oxygen atoms in total. The number of hydrogen-bond acceptors (Lipinski definition) is 4. The lowest BCUT2D eigenvalue weighted by atomic mass is 10.2. The average Bonchev–Trinajstić information content (AvgIpc) is 2.92. The molecule has 0 saturated carbocycles. The van der Waals surface area contributed by atoms with Crippen molar-refractivity contribution in [1.82, 2.24) is 20.0 Å². The lowest BCUT2D eigenvalue weighted by Gasteiger charge is -2.08. The molecule has 0 saturated heterocycles. The highest BCUT2D eigenvalue weighted by Crippen LogP contribution is 2.16. The summed E-state index contributed by atoms with van der Waals surface area (Å²) >= 11 is 0. The number of halogens is 1. The number of imidazole rings is 1. The van der Waals surface area contributed by atoms with Crippen LogP contribution < -0.4 is 10.0 Å². The lowest BCUT2D eigenvalue weighted by Crippen LogP contribution is -2.27. The molecule has 1 heterocycles. The Balaban J connectivity index is 2.04. The zero-order valence-electron chi connectivity index (χ0n) is 11.6. The normalized spacial score (nSPS) is 11.7. The van der Waals surface area contributed by atoms with Gasteiger partial charge in [0, 0.05) is 31.4 Å². The van der Waals surface area contributed by atoms with Crippen LogP contribution in [-0.2, 0) is 23.0 Å². The summed E-state index contributed by atoms with van der Waals surface area (Å²) in [5.74, 6) is -0.753. The van der Waals surface area contributed by atoms with Crippen LogP contribution in [0.15, 0.2) is 35.6 Å². The quantitative estimate of drug-likeness (QED) is 0.705. The second-order valence-electron chi connectivity index (χ2n) is 4.52. The van der Waals surface area contributed by atoms with Crippen molar-refractivity contribution in [3.8, 4) is 0 Å². The summed E-state index contributed by atoms with van der Waals surface area (Å²) < 4.78 is 40.4. The highest BCUT2D eigenvalue weighted by Gasteiger charge is 2.18. The minimum Gasteiger partial charge on any atom is -0.348 e. The van der Waals surface area contributed by atoms with Crippen molar-refractivity contribution in [2.75, 3.05) is 13.6 Å². The first-order valence-corrected chi connectivity index (χ1v) is 7.91. The molecule has 3 N–H and O–H groups in total. The van der Waals surface area contributed by atoms with E-state index in [2.05, 4.69) is 20.0 Å². The maximum absolute atomic E-state index is 13.9. The second-order valence-corrected chi connectivity index (χ2v) is 6.26. The molecule has 1 aromatic carbocycles. The largest absolute Gasteiger partial charge is 0.348 e. The summed E-state index contributed by atoms with van der Waals surface area (Å²) in [5, 5.41) is 2.88. The number of hydrogen-bond donors (Lipinski definition) is 3. The number of nitrogens with one attached hydrogen (secondary N) is 3. The highest BCUT2D eigenvalue weighted by atomic mass is 32.2. The Bertz CT molecular complexity index is 686. The van der Waals surface area contributed by atoms with Gasteiger partial charge in [-0.1, -0.05) is 6.07 Å². The van der Waals surface area contributed by atoms with E-state index in [0.717, 1.165) is 5.69 Å². The van der Waals surface area contributed by atoms with Gasteiger partial charge in [0.25, 0.3) is 0 Å². The summed E-state index contributed by atoms with van der Waals surface area (Å²) in [5.41, 5.74) is 1.49. The maximum Gasteiger partial charge on any atom is 0.243 e. The van der Waals surface area contributed by atoms with Crippen molar-refractivity contribution in [2.24, 2.45) is 0 Å². The van der Waals surface area contributed by atoms with Crippen LogP contribution in [0, 0.1) is 5.82 Å². The molecule has 0 fully saturated rings. The van der Waals surface area contributed by atoms with Gasteiger partial charge in [0.15, 0.2) is 0 Å². The van der Waals surface area contributed by atoms with E-state index in [9.17, 15) is 12.8 Å². The number of rotatable bonds is 7. The van der Waals surface area contributed by atoms with Crippen LogP contribution in [0.2, 0.25) is 0 Å². The van der Waals surface area contributed by atoms with E-state index in [1.807, 2.05) is 0 Å². The predicted molar refractivity (Wildman–Crippen MR) is 76.6 cm³/mol. The standard InChI is InChI=1S/C13H17FN4O2S/c1-15-7-10-2-3-13(12(14)6-10)21(19,20)18-5-4-11-8-16-9-17-11/h2-3,6,8-9,15,18H,4-5,7H2,1H3,(H,16,17). The molecular formula is C13H17FN4O2S. The molecule has 0 atom stereocenters. The molecule has 2 aromatic rings. The Morgan fingerprint density at radius 3 is 2.81 bits per heavy atom. The first-order valence-electron chi connectivity index (χ1n) is 6.43. The second kappa shape index (κ2) is 6.79. The van der Waals surface area contributed by atoms with Gasteiger partial charge < -0.3 is 10.3 Å². The van der Waals surface area contributed by atoms with E-state index in [1.54, 1.807) is 19.3 Å². The molecule has 0 spiro atoms. The van der Waals surface area contributed by atoms with Crippen molar-refractivity contribution in [2.45, 2.75) is 17.9 Å². The van der Waals surface area contributed by atoms with Crippen LogP contribution in [-0.4, -0.2) is 32.0 Å². The average molecular weight is 312 g/mol. The van der Waals surface area contributed by atoms with Gasteiger partial charge in [-0.25, -0.2) is 22.5 Å². The van der Waals surface area contributed by atoms with E-state index in [1.165, 1.54) is 18.5 Å². The van der Waals surface area contributed by atoms with Gasteiger partial charge in [-0.3, -0.25) is 0 Å². The first kappa shape index (κ1) is 15.6. The van der Waals surface area contributed by atoms with Crippen LogP contribution >= 0.6 is 0 Å². The molecule has 0 aliphatic carbocycles. The van der Waals surface area contributed by atoms with Crippen LogP contribution in [0.4, 0.5) is 4.39 Å². The molecule has 0 unspecified atom stereocenters. The summed E-state index contributed by atoms with van der Waals surface area (Å²) in [4.78, 5) is 6.37. The molecule has 1 aromatic heterocycles. The molecule has 114 valence electrons. The molecule has 8 heteroatoms. The van der Waals surface area contributed by atoms with Gasteiger partial charge in [-0.2, -0.15) is 0 Å². The fraction of sp³-hybridized carbons (Fsp3) is 0.308. The van der Waals surface area contributed by atoms with Gasteiger partial charge in [-0.05, 0) is 24.7 Å². The van der Waals surface area contributed by atoms with E-state index in [0.29, 0.717) is 18.5 Å². The smallest absolute Gasteiger partial charge is 0.243 e. The molecule has 0 aliphatic rings. The van der Waals surface area contributed by atoms with Crippen molar-refractivity contribution >= 4 is 10.0 Å². The molecular weight excluding hydrogens is 295 g/mol. The Hall–Kier alpha value is -1.77. The van der Waals surface area contributed by atoms with Gasteiger partial charge in [0.1, 0.15) is 10.7 Å². The summed E-state index contributed by atoms with van der Waals surface area (Å²) in [6.45, 7) is 0.646. The molecule has 0 amide bonds. The minimum atomic E-state index is -3.86. The maximum atomic E-state index is 13.9. The SMILES string of the molecule is CNCc1ccc(S(=O)(=O)NCCc2cnc[nH]2)c(F)c1. The van der Waals surface area contributed by atoms with Crippen LogP contribution in [0.25, 0.3) is 0 Å². The zero-order chi connectivity index (χ0) is 15.3. The van der Waals surface area contributed by atoms with Crippen molar-refractivity contribution in [3.63, 3.8) is 0 Å². The summed E-state index contributed by atoms with van der Waals surface area (Å²) in [7, 11) is -2.12. The zero-order valence-corrected chi connectivity index (χ0v) is 12.4. The van der Waals surface area contributed by atoms with E-state index in [4.69, 9.17) is 0 Å². The number of aromatic nitrogens is 2. The summed E-state index contributed by atoms with van der Waals surface area (Å²) in [6, 6.07) is 4.09. The number of benzene rings is 1. The van der Waals surface area contributed by atoms with Gasteiger partial charge in [0.2, 0.25) is 10.0 Å². The number of aromatic amines is 1. The third kappa shape index (κ3) is 4.10. The molecule has 2 rings (SSSR count). The Morgan fingerprint density at radius 1 is 1.38 bits per heavy atom. The van der Waals surface area contributed by atoms with Gasteiger partial charge >= 0.3 is 0 Å². The van der Waals surface area contributed by atoms with E-state index in [-0.39, 0.29) is 11.4 Å². The summed E-state index contributed by atoms with van der Waals surface area (Å²) in [6.07, 6.45) is 3.59. The van der Waals surface area contributed by atoms with Crippen molar-refractivity contribution in [1.29, 1.82) is 0 Å². The van der Waals surface area contributed by atoms with E-state index < -0.39 is 15.8 Å². The predicted octanol–water partition coefficient (Wildman–Crippen LogP) is 0.789. The Labute approximate surface area is 122 Å². The first-order chi connectivity index (χ1) is 10.0. The molecule has 0 aliphatic heterocycles. The Morgan fingerprint density at radius 2 is 2.19 bits per heavy atom. The topological polar surface area (TPSA) is 86.9 Å². The third-order valence-corrected chi connectivity index (χ3v) is 4.40. The van der Waals surface area contributed by atoms with Crippen molar-refractivity contribution < 1.29 is 12.8 Å². The van der Waals surface area contributed by atoms with Gasteiger partial charge in [-0.15, -0.1) is 0 Å². The van der Waals surface area contributed by atoms with Crippen LogP contribution in [0.5, 0.6) is 0 Å². The monoisotopic (exact) mass is 312 g/mol. The number of H-pyrrole nitrogens is 1. The highest BCUT2D eigenvalue weighted by molar-refractivity contribution is 7.89. The van der Waals surface area contributed by atoms with Crippen LogP contribution in [0.3, 0.4) is 0 Å². The van der Waals surface area contributed by atoms with Gasteiger partial charge in [0.05, 0.1) is 6.33 Å². The third-order valence-electron chi connectivity index (χ3n) is 2.91. The Kier molecular flexibility index (Phi) is 5.05. The fourth-order valence-corrected chi connectivity index (χ4v) is 2.98. The number of sulfonamides is 1.